The zero-order chi connectivity index (χ0) is 29.4. The molecule has 6 rings (SSSR count). The van der Waals surface area contributed by atoms with E-state index < -0.39 is 6.10 Å². The molecule has 0 aromatic heterocycles. The van der Waals surface area contributed by atoms with E-state index in [0.717, 1.165) is 89.9 Å². The molecule has 0 radical (unpaired) electrons. The fourth-order valence-corrected chi connectivity index (χ4v) is 7.09. The Morgan fingerprint density at radius 3 is 2.24 bits per heavy atom. The monoisotopic (exact) mass is 575 g/mol. The number of rotatable bonds is 8. The first-order valence-electron chi connectivity index (χ1n) is 15.0. The summed E-state index contributed by atoms with van der Waals surface area (Å²) in [4.78, 5) is 0. The van der Waals surface area contributed by atoms with Crippen molar-refractivity contribution in [3.8, 4) is 45.6 Å². The molecule has 3 aliphatic rings. The molecule has 2 atom stereocenters. The van der Waals surface area contributed by atoms with Crippen LogP contribution in [0.5, 0.6) is 34.5 Å². The molecule has 0 bridgehead atoms. The Morgan fingerprint density at radius 2 is 1.57 bits per heavy atom. The Morgan fingerprint density at radius 1 is 0.881 bits per heavy atom. The number of aromatic hydroxyl groups is 1. The minimum Gasteiger partial charge on any atom is -0.502 e. The average Bonchev–Trinajstić information content (AvgIpc) is 3.01. The fourth-order valence-electron chi connectivity index (χ4n) is 7.09. The third-order valence-corrected chi connectivity index (χ3v) is 9.13. The van der Waals surface area contributed by atoms with Gasteiger partial charge in [0.25, 0.3) is 0 Å². The smallest absolute Gasteiger partial charge is 0.200 e. The van der Waals surface area contributed by atoms with Crippen molar-refractivity contribution in [1.29, 1.82) is 0 Å². The normalized spacial score (nSPS) is 20.4. The summed E-state index contributed by atoms with van der Waals surface area (Å²) >= 11 is 0. The van der Waals surface area contributed by atoms with Crippen LogP contribution in [0, 0.1) is 0 Å². The molecule has 224 valence electrons. The van der Waals surface area contributed by atoms with Gasteiger partial charge in [0.2, 0.25) is 5.75 Å². The van der Waals surface area contributed by atoms with Gasteiger partial charge < -0.3 is 33.9 Å². The Labute approximate surface area is 247 Å². The minimum absolute atomic E-state index is 0.0690. The highest BCUT2D eigenvalue weighted by Crippen LogP contribution is 2.51. The van der Waals surface area contributed by atoms with E-state index in [4.69, 9.17) is 23.7 Å². The second kappa shape index (κ2) is 11.6. The molecular weight excluding hydrogens is 534 g/mol. The van der Waals surface area contributed by atoms with Crippen LogP contribution >= 0.6 is 0 Å². The molecule has 3 aromatic carbocycles. The summed E-state index contributed by atoms with van der Waals surface area (Å²) in [6, 6.07) is 11.7. The van der Waals surface area contributed by atoms with Crippen LogP contribution in [0.2, 0.25) is 0 Å². The topological polar surface area (TPSA) is 98.6 Å². The molecule has 0 unspecified atom stereocenters. The molecule has 1 aliphatic heterocycles. The van der Waals surface area contributed by atoms with Crippen LogP contribution in [0.3, 0.4) is 0 Å². The van der Waals surface area contributed by atoms with Gasteiger partial charge in [0.1, 0.15) is 17.2 Å². The van der Waals surface area contributed by atoms with Crippen molar-refractivity contribution in [3.05, 3.63) is 58.7 Å². The predicted octanol–water partition coefficient (Wildman–Crippen LogP) is 6.04. The van der Waals surface area contributed by atoms with Gasteiger partial charge in [0.15, 0.2) is 17.2 Å². The van der Waals surface area contributed by atoms with Crippen LogP contribution < -0.4 is 29.0 Å². The highest BCUT2D eigenvalue weighted by Gasteiger charge is 2.37. The summed E-state index contributed by atoms with van der Waals surface area (Å²) in [5.74, 6) is 2.46. The number of phenolic OH excluding ortho intramolecular Hbond substituents is 1. The molecule has 0 spiro atoms. The van der Waals surface area contributed by atoms with E-state index in [-0.39, 0.29) is 17.4 Å². The van der Waals surface area contributed by atoms with Gasteiger partial charge in [-0.2, -0.15) is 0 Å². The molecule has 3 N–H and O–H groups in total. The van der Waals surface area contributed by atoms with Crippen molar-refractivity contribution in [2.75, 3.05) is 34.5 Å². The Hall–Kier alpha value is -3.62. The maximum atomic E-state index is 11.9. The Bertz CT molecular complexity index is 1430. The summed E-state index contributed by atoms with van der Waals surface area (Å²) in [5, 5.41) is 25.9. The fraction of sp³-hybridized carbons (Fsp3) is 0.471. The zero-order valence-electron chi connectivity index (χ0n) is 24.9. The first-order chi connectivity index (χ1) is 20.4. The Balaban J connectivity index is 1.40. The summed E-state index contributed by atoms with van der Waals surface area (Å²) in [6.45, 7) is 3.26. The first-order valence-corrected chi connectivity index (χ1v) is 15.0. The lowest BCUT2D eigenvalue weighted by molar-refractivity contribution is -0.00101. The number of nitrogens with one attached hydrogen (secondary N) is 1. The van der Waals surface area contributed by atoms with Crippen LogP contribution in [0.25, 0.3) is 11.1 Å². The SMILES string of the molecule is CCNC1(Oc2cc(OC)c3c(c2)-c2ccc4c(c2CC3)[C@@H](O)[C@H](c2cc(OC)c(O)c(OC)c2)CO4)CCCCC1. The summed E-state index contributed by atoms with van der Waals surface area (Å²) in [7, 11) is 4.70. The van der Waals surface area contributed by atoms with E-state index >= 15 is 0 Å². The van der Waals surface area contributed by atoms with Crippen LogP contribution in [0.15, 0.2) is 36.4 Å². The quantitative estimate of drug-likeness (QED) is 0.280. The van der Waals surface area contributed by atoms with E-state index in [1.807, 2.05) is 12.1 Å². The summed E-state index contributed by atoms with van der Waals surface area (Å²) in [6.07, 6.45) is 6.17. The molecule has 1 fully saturated rings. The molecule has 2 aliphatic carbocycles. The summed E-state index contributed by atoms with van der Waals surface area (Å²) < 4.78 is 29.7. The van der Waals surface area contributed by atoms with Gasteiger partial charge in [-0.1, -0.05) is 19.4 Å². The van der Waals surface area contributed by atoms with Crippen molar-refractivity contribution in [2.45, 2.75) is 69.6 Å². The third kappa shape index (κ3) is 4.90. The molecule has 1 heterocycles. The number of aliphatic hydroxyl groups is 1. The maximum absolute atomic E-state index is 11.9. The lowest BCUT2D eigenvalue weighted by Gasteiger charge is -2.39. The van der Waals surface area contributed by atoms with Gasteiger partial charge in [-0.15, -0.1) is 0 Å². The number of ether oxygens (including phenoxy) is 5. The molecule has 42 heavy (non-hydrogen) atoms. The molecule has 1 saturated carbocycles. The molecular formula is C34H41NO7. The van der Waals surface area contributed by atoms with Gasteiger partial charge >= 0.3 is 0 Å². The third-order valence-electron chi connectivity index (χ3n) is 9.13. The van der Waals surface area contributed by atoms with Gasteiger partial charge in [-0.3, -0.25) is 5.32 Å². The second-order valence-electron chi connectivity index (χ2n) is 11.5. The van der Waals surface area contributed by atoms with Crippen LogP contribution in [-0.4, -0.2) is 50.4 Å². The lowest BCUT2D eigenvalue weighted by atomic mass is 9.77. The van der Waals surface area contributed by atoms with Crippen LogP contribution in [0.1, 0.15) is 73.3 Å². The van der Waals surface area contributed by atoms with Gasteiger partial charge in [-0.05, 0) is 78.7 Å². The van der Waals surface area contributed by atoms with Crippen molar-refractivity contribution in [1.82, 2.24) is 5.32 Å². The van der Waals surface area contributed by atoms with E-state index in [2.05, 4.69) is 24.4 Å². The number of hydrogen-bond donors (Lipinski definition) is 3. The second-order valence-corrected chi connectivity index (χ2v) is 11.5. The summed E-state index contributed by atoms with van der Waals surface area (Å²) in [5.41, 5.74) is 5.56. The first kappa shape index (κ1) is 28.5. The highest BCUT2D eigenvalue weighted by molar-refractivity contribution is 5.79. The van der Waals surface area contributed by atoms with E-state index in [9.17, 15) is 10.2 Å². The minimum atomic E-state index is -0.815. The van der Waals surface area contributed by atoms with Gasteiger partial charge in [0.05, 0.1) is 34.0 Å². The molecule has 3 aromatic rings. The molecule has 8 nitrogen and oxygen atoms in total. The number of methoxy groups -OCH3 is 3. The van der Waals surface area contributed by atoms with Crippen molar-refractivity contribution < 1.29 is 33.9 Å². The zero-order valence-corrected chi connectivity index (χ0v) is 24.9. The van der Waals surface area contributed by atoms with E-state index in [1.165, 1.54) is 20.6 Å². The van der Waals surface area contributed by atoms with Crippen molar-refractivity contribution in [3.63, 3.8) is 0 Å². The number of aliphatic hydroxyl groups excluding tert-OH is 1. The van der Waals surface area contributed by atoms with Crippen molar-refractivity contribution in [2.24, 2.45) is 0 Å². The van der Waals surface area contributed by atoms with Crippen LogP contribution in [0.4, 0.5) is 0 Å². The van der Waals surface area contributed by atoms with E-state index in [1.54, 1.807) is 19.2 Å². The molecule has 0 saturated heterocycles. The van der Waals surface area contributed by atoms with Gasteiger partial charge in [-0.25, -0.2) is 0 Å². The van der Waals surface area contributed by atoms with Crippen molar-refractivity contribution >= 4 is 0 Å². The number of benzene rings is 3. The average molecular weight is 576 g/mol. The maximum Gasteiger partial charge on any atom is 0.200 e. The Kier molecular flexibility index (Phi) is 7.85. The van der Waals surface area contributed by atoms with Gasteiger partial charge in [0, 0.05) is 36.0 Å². The predicted molar refractivity (Wildman–Crippen MR) is 160 cm³/mol. The molecule has 8 heteroatoms. The largest absolute Gasteiger partial charge is 0.502 e. The highest BCUT2D eigenvalue weighted by atomic mass is 16.5. The lowest BCUT2D eigenvalue weighted by Crippen LogP contribution is -2.51. The number of fused-ring (bicyclic) bond motifs is 5. The number of phenols is 1. The van der Waals surface area contributed by atoms with Crippen LogP contribution in [-0.2, 0) is 12.8 Å². The number of hydrogen-bond acceptors (Lipinski definition) is 8. The van der Waals surface area contributed by atoms with E-state index in [0.29, 0.717) is 23.9 Å². The molecule has 0 amide bonds. The standard InChI is InChI=1S/C34H41NO7/c1-5-35-34(13-7-6-8-14-34)42-21-17-25-22-11-12-27-31(24(22)10-9-23(25)28(18-21)38-2)32(36)26(19-41-27)20-15-29(39-3)33(37)30(16-20)40-4/h11-12,15-18,26,32,35-37H,5-10,13-14,19H2,1-4H3/t26-,32-/m0/s1.